The van der Waals surface area contributed by atoms with E-state index in [0.29, 0.717) is 6.54 Å². The van der Waals surface area contributed by atoms with E-state index in [1.165, 1.54) is 18.1 Å². The maximum Gasteiger partial charge on any atom is 0.216 e. The van der Waals surface area contributed by atoms with E-state index in [1.54, 1.807) is 7.11 Å². The first-order valence-electron chi connectivity index (χ1n) is 6.26. The summed E-state index contributed by atoms with van der Waals surface area (Å²) in [5.41, 5.74) is 2.47. The minimum atomic E-state index is 0.0135. The van der Waals surface area contributed by atoms with Gasteiger partial charge in [-0.15, -0.1) is 0 Å². The van der Waals surface area contributed by atoms with Crippen LogP contribution >= 0.6 is 0 Å². The lowest BCUT2D eigenvalue weighted by Crippen LogP contribution is -2.22. The fourth-order valence-corrected chi connectivity index (χ4v) is 1.88. The highest BCUT2D eigenvalue weighted by Crippen LogP contribution is 2.31. The van der Waals surface area contributed by atoms with Crippen molar-refractivity contribution >= 4 is 5.91 Å². The number of rotatable bonds is 4. The normalized spacial score (nSPS) is 11.2. The van der Waals surface area contributed by atoms with Gasteiger partial charge in [-0.2, -0.15) is 0 Å². The summed E-state index contributed by atoms with van der Waals surface area (Å²) in [6, 6.07) is 6.22. The summed E-state index contributed by atoms with van der Waals surface area (Å²) in [5.74, 6) is 0.935. The second-order valence-corrected chi connectivity index (χ2v) is 5.52. The van der Waals surface area contributed by atoms with E-state index in [0.717, 1.165) is 12.2 Å². The molecular weight excluding hydrogens is 226 g/mol. The van der Waals surface area contributed by atoms with Crippen LogP contribution in [0.3, 0.4) is 0 Å². The predicted octanol–water partition coefficient (Wildman–Crippen LogP) is 2.67. The highest BCUT2D eigenvalue weighted by molar-refractivity contribution is 5.72. The Morgan fingerprint density at radius 2 is 2.00 bits per heavy atom. The number of nitrogens with one attached hydrogen (secondary N) is 1. The average molecular weight is 249 g/mol. The monoisotopic (exact) mass is 249 g/mol. The van der Waals surface area contributed by atoms with E-state index in [9.17, 15) is 4.79 Å². The van der Waals surface area contributed by atoms with E-state index in [1.807, 2.05) is 6.07 Å². The van der Waals surface area contributed by atoms with Gasteiger partial charge in [-0.1, -0.05) is 32.9 Å². The van der Waals surface area contributed by atoms with Crippen LogP contribution < -0.4 is 10.1 Å². The van der Waals surface area contributed by atoms with Crippen LogP contribution in [0.5, 0.6) is 5.75 Å². The summed E-state index contributed by atoms with van der Waals surface area (Å²) in [7, 11) is 1.70. The van der Waals surface area contributed by atoms with Gasteiger partial charge in [0.1, 0.15) is 5.75 Å². The van der Waals surface area contributed by atoms with Crippen molar-refractivity contribution in [3.63, 3.8) is 0 Å². The molecule has 0 unspecified atom stereocenters. The largest absolute Gasteiger partial charge is 0.496 e. The lowest BCUT2D eigenvalue weighted by atomic mass is 9.85. The molecule has 1 rings (SSSR count). The molecule has 1 aromatic rings. The minimum Gasteiger partial charge on any atom is -0.496 e. The van der Waals surface area contributed by atoms with E-state index in [2.05, 4.69) is 38.2 Å². The van der Waals surface area contributed by atoms with Crippen molar-refractivity contribution in [2.24, 2.45) is 0 Å². The van der Waals surface area contributed by atoms with E-state index in [-0.39, 0.29) is 11.3 Å². The van der Waals surface area contributed by atoms with Crippen molar-refractivity contribution in [2.75, 3.05) is 13.7 Å². The van der Waals surface area contributed by atoms with Gasteiger partial charge >= 0.3 is 0 Å². The van der Waals surface area contributed by atoms with Crippen LogP contribution in [0.15, 0.2) is 18.2 Å². The van der Waals surface area contributed by atoms with Crippen molar-refractivity contribution < 1.29 is 9.53 Å². The molecule has 0 spiro atoms. The summed E-state index contributed by atoms with van der Waals surface area (Å²) in [4.78, 5) is 10.8. The number of amides is 1. The molecule has 3 nitrogen and oxygen atoms in total. The number of carbonyl (C=O) groups is 1. The van der Waals surface area contributed by atoms with Crippen molar-refractivity contribution in [1.82, 2.24) is 5.32 Å². The molecule has 0 aliphatic heterocycles. The molecule has 0 fully saturated rings. The topological polar surface area (TPSA) is 38.3 Å². The fourth-order valence-electron chi connectivity index (χ4n) is 1.88. The van der Waals surface area contributed by atoms with Gasteiger partial charge in [0.05, 0.1) is 7.11 Å². The molecule has 3 heteroatoms. The van der Waals surface area contributed by atoms with Crippen LogP contribution in [-0.2, 0) is 16.6 Å². The van der Waals surface area contributed by atoms with Gasteiger partial charge in [0.25, 0.3) is 0 Å². The number of methoxy groups -OCH3 is 1. The van der Waals surface area contributed by atoms with Crippen LogP contribution in [-0.4, -0.2) is 19.6 Å². The molecule has 1 aromatic carbocycles. The quantitative estimate of drug-likeness (QED) is 0.891. The molecule has 18 heavy (non-hydrogen) atoms. The van der Waals surface area contributed by atoms with Crippen molar-refractivity contribution in [1.29, 1.82) is 0 Å². The van der Waals surface area contributed by atoms with Gasteiger partial charge in [0, 0.05) is 13.5 Å². The third kappa shape index (κ3) is 4.06. The van der Waals surface area contributed by atoms with Gasteiger partial charge in [-0.3, -0.25) is 4.79 Å². The molecule has 0 aromatic heterocycles. The molecule has 0 heterocycles. The molecule has 0 aliphatic carbocycles. The molecule has 0 radical (unpaired) electrons. The summed E-state index contributed by atoms with van der Waals surface area (Å²) in [5, 5.41) is 2.81. The molecule has 0 aliphatic rings. The Morgan fingerprint density at radius 1 is 1.33 bits per heavy atom. The van der Waals surface area contributed by atoms with Gasteiger partial charge in [-0.05, 0) is 29.0 Å². The molecule has 1 amide bonds. The summed E-state index contributed by atoms with van der Waals surface area (Å²) in [6.07, 6.45) is 0.840. The second-order valence-electron chi connectivity index (χ2n) is 5.52. The maximum atomic E-state index is 10.8. The Balaban J connectivity index is 2.86. The first kappa shape index (κ1) is 14.6. The van der Waals surface area contributed by atoms with Crippen molar-refractivity contribution in [3.05, 3.63) is 29.3 Å². The zero-order valence-electron chi connectivity index (χ0n) is 12.0. The van der Waals surface area contributed by atoms with Crippen LogP contribution in [0.1, 0.15) is 38.8 Å². The van der Waals surface area contributed by atoms with Gasteiger partial charge in [0.2, 0.25) is 5.91 Å². The Morgan fingerprint density at radius 3 is 2.50 bits per heavy atom. The van der Waals surface area contributed by atoms with Crippen molar-refractivity contribution in [3.8, 4) is 5.75 Å². The third-order valence-electron chi connectivity index (χ3n) is 2.86. The molecule has 1 N–H and O–H groups in total. The van der Waals surface area contributed by atoms with E-state index in [4.69, 9.17) is 4.74 Å². The number of benzene rings is 1. The van der Waals surface area contributed by atoms with E-state index >= 15 is 0 Å². The van der Waals surface area contributed by atoms with Gasteiger partial charge < -0.3 is 10.1 Å². The maximum absolute atomic E-state index is 10.8. The molecule has 0 saturated carbocycles. The zero-order valence-corrected chi connectivity index (χ0v) is 12.0. The minimum absolute atomic E-state index is 0.0135. The highest BCUT2D eigenvalue weighted by atomic mass is 16.5. The number of hydrogen-bond acceptors (Lipinski definition) is 2. The second kappa shape index (κ2) is 5.89. The Hall–Kier alpha value is -1.51. The SMILES string of the molecule is COc1ccc(CCNC(C)=O)cc1C(C)(C)C. The summed E-state index contributed by atoms with van der Waals surface area (Å²) in [6.45, 7) is 8.72. The van der Waals surface area contributed by atoms with E-state index < -0.39 is 0 Å². The molecule has 0 saturated heterocycles. The lowest BCUT2D eigenvalue weighted by molar-refractivity contribution is -0.118. The first-order chi connectivity index (χ1) is 8.34. The zero-order chi connectivity index (χ0) is 13.8. The van der Waals surface area contributed by atoms with Crippen LogP contribution in [0.25, 0.3) is 0 Å². The number of ether oxygens (including phenoxy) is 1. The smallest absolute Gasteiger partial charge is 0.216 e. The predicted molar refractivity (Wildman–Crippen MR) is 74.1 cm³/mol. The molecule has 0 bridgehead atoms. The third-order valence-corrected chi connectivity index (χ3v) is 2.86. The Labute approximate surface area is 110 Å². The van der Waals surface area contributed by atoms with Crippen LogP contribution in [0, 0.1) is 0 Å². The summed E-state index contributed by atoms with van der Waals surface area (Å²) < 4.78 is 5.40. The van der Waals surface area contributed by atoms with Crippen LogP contribution in [0.2, 0.25) is 0 Å². The number of carbonyl (C=O) groups excluding carboxylic acids is 1. The van der Waals surface area contributed by atoms with Crippen LogP contribution in [0.4, 0.5) is 0 Å². The van der Waals surface area contributed by atoms with Crippen molar-refractivity contribution in [2.45, 2.75) is 39.5 Å². The first-order valence-corrected chi connectivity index (χ1v) is 6.26. The Bertz CT molecular complexity index is 419. The lowest BCUT2D eigenvalue weighted by Gasteiger charge is -2.23. The van der Waals surface area contributed by atoms with Gasteiger partial charge in [0.15, 0.2) is 0 Å². The summed E-state index contributed by atoms with van der Waals surface area (Å²) >= 11 is 0. The van der Waals surface area contributed by atoms with Gasteiger partial charge in [-0.25, -0.2) is 0 Å². The molecule has 0 atom stereocenters. The molecule has 100 valence electrons. The Kier molecular flexibility index (Phi) is 4.76. The average Bonchev–Trinajstić information content (AvgIpc) is 2.27. The fraction of sp³-hybridized carbons (Fsp3) is 0.533. The standard InChI is InChI=1S/C15H23NO2/c1-11(17)16-9-8-12-6-7-14(18-5)13(10-12)15(2,3)4/h6-7,10H,8-9H2,1-5H3,(H,16,17). The molecular formula is C15H23NO2. The number of hydrogen-bond donors (Lipinski definition) is 1. The highest BCUT2D eigenvalue weighted by Gasteiger charge is 2.19.